The van der Waals surface area contributed by atoms with Gasteiger partial charge in [-0.3, -0.25) is 19.2 Å². The number of ketones is 2. The molecule has 0 aliphatic heterocycles. The molecule has 2 fully saturated rings. The lowest BCUT2D eigenvalue weighted by atomic mass is 9.70. The molecule has 2 N–H and O–H groups in total. The predicted molar refractivity (Wildman–Crippen MR) is 151 cm³/mol. The molecule has 0 radical (unpaired) electrons. The van der Waals surface area contributed by atoms with Gasteiger partial charge < -0.3 is 10.6 Å². The van der Waals surface area contributed by atoms with Crippen LogP contribution in [0.4, 0.5) is 0 Å². The lowest BCUT2D eigenvalue weighted by Gasteiger charge is -2.32. The molecule has 0 spiro atoms. The van der Waals surface area contributed by atoms with Crippen molar-refractivity contribution >= 4 is 23.4 Å². The molecule has 0 heterocycles. The third-order valence-corrected chi connectivity index (χ3v) is 8.89. The van der Waals surface area contributed by atoms with Crippen LogP contribution in [0.15, 0.2) is 23.3 Å². The van der Waals surface area contributed by atoms with E-state index in [-0.39, 0.29) is 23.4 Å². The highest BCUT2D eigenvalue weighted by molar-refractivity contribution is 6.20. The summed E-state index contributed by atoms with van der Waals surface area (Å²) in [6, 6.07) is 0.616. The van der Waals surface area contributed by atoms with E-state index in [2.05, 4.69) is 10.6 Å². The van der Waals surface area contributed by atoms with Crippen molar-refractivity contribution in [1.82, 2.24) is 10.6 Å². The van der Waals surface area contributed by atoms with Crippen LogP contribution < -0.4 is 10.6 Å². The summed E-state index contributed by atoms with van der Waals surface area (Å²) in [6.45, 7) is 7.94. The largest absolute Gasteiger partial charge is 0.353 e. The van der Waals surface area contributed by atoms with E-state index in [0.717, 1.165) is 25.7 Å². The lowest BCUT2D eigenvalue weighted by Crippen LogP contribution is -2.36. The Labute approximate surface area is 229 Å². The van der Waals surface area contributed by atoms with E-state index in [1.165, 1.54) is 50.7 Å². The first-order valence-electron chi connectivity index (χ1n) is 15.1. The molecule has 0 aromatic carbocycles. The molecule has 6 nitrogen and oxygen atoms in total. The van der Waals surface area contributed by atoms with Gasteiger partial charge >= 0.3 is 0 Å². The molecule has 2 saturated carbocycles. The predicted octanol–water partition coefficient (Wildman–Crippen LogP) is 6.28. The minimum atomic E-state index is -0.485. The minimum absolute atomic E-state index is 0.0871. The third kappa shape index (κ3) is 8.91. The fourth-order valence-electron chi connectivity index (χ4n) is 6.36. The molecular formula is C32H50N2O4. The number of amides is 2. The molecule has 0 aromatic heterocycles. The SMILES string of the molecule is CC(C)(CCCC(=O)NC1CCCCC1)C1=CC(=O)C(C(C)(C)CCCC(=O)NC2CCCCC2)=CC1=O. The number of allylic oxidation sites excluding steroid dienone is 4. The quantitative estimate of drug-likeness (QED) is 0.293. The van der Waals surface area contributed by atoms with Crippen LogP contribution >= 0.6 is 0 Å². The zero-order valence-electron chi connectivity index (χ0n) is 24.3. The summed E-state index contributed by atoms with van der Waals surface area (Å²) >= 11 is 0. The van der Waals surface area contributed by atoms with Gasteiger partial charge in [-0.2, -0.15) is 0 Å². The van der Waals surface area contributed by atoms with Gasteiger partial charge in [-0.25, -0.2) is 0 Å². The molecule has 38 heavy (non-hydrogen) atoms. The Morgan fingerprint density at radius 1 is 0.658 bits per heavy atom. The van der Waals surface area contributed by atoms with Crippen molar-refractivity contribution in [2.24, 2.45) is 10.8 Å². The van der Waals surface area contributed by atoms with Crippen molar-refractivity contribution in [3.63, 3.8) is 0 Å². The van der Waals surface area contributed by atoms with E-state index in [1.54, 1.807) is 0 Å². The normalized spacial score (nSPS) is 20.1. The zero-order valence-corrected chi connectivity index (χ0v) is 24.3. The average molecular weight is 527 g/mol. The maximum Gasteiger partial charge on any atom is 0.220 e. The molecule has 0 bridgehead atoms. The Kier molecular flexibility index (Phi) is 10.9. The van der Waals surface area contributed by atoms with E-state index in [0.29, 0.717) is 61.8 Å². The minimum Gasteiger partial charge on any atom is -0.353 e. The topological polar surface area (TPSA) is 92.3 Å². The van der Waals surface area contributed by atoms with Gasteiger partial charge in [0.2, 0.25) is 11.8 Å². The molecule has 0 unspecified atom stereocenters. The van der Waals surface area contributed by atoms with Crippen LogP contribution in [0.3, 0.4) is 0 Å². The number of carbonyl (C=O) groups is 4. The second kappa shape index (κ2) is 13.7. The fraction of sp³-hybridized carbons (Fsp3) is 0.750. The number of nitrogens with one attached hydrogen (secondary N) is 2. The van der Waals surface area contributed by atoms with E-state index < -0.39 is 10.8 Å². The first-order chi connectivity index (χ1) is 18.0. The molecular weight excluding hydrogens is 476 g/mol. The van der Waals surface area contributed by atoms with Gasteiger partial charge in [-0.05, 0) is 74.3 Å². The smallest absolute Gasteiger partial charge is 0.220 e. The summed E-state index contributed by atoms with van der Waals surface area (Å²) in [7, 11) is 0. The molecule has 212 valence electrons. The van der Waals surface area contributed by atoms with E-state index in [9.17, 15) is 19.2 Å². The molecule has 3 rings (SSSR count). The summed E-state index contributed by atoms with van der Waals surface area (Å²) in [6.07, 6.45) is 18.1. The number of hydrogen-bond acceptors (Lipinski definition) is 4. The number of hydrogen-bond donors (Lipinski definition) is 2. The number of rotatable bonds is 12. The Bertz CT molecular complexity index is 855. The van der Waals surface area contributed by atoms with Crippen molar-refractivity contribution in [2.75, 3.05) is 0 Å². The van der Waals surface area contributed by atoms with E-state index >= 15 is 0 Å². The Morgan fingerprint density at radius 3 is 1.34 bits per heavy atom. The molecule has 2 amide bonds. The first-order valence-corrected chi connectivity index (χ1v) is 15.1. The maximum absolute atomic E-state index is 13.2. The molecule has 3 aliphatic carbocycles. The summed E-state index contributed by atoms with van der Waals surface area (Å²) in [5.41, 5.74) is 0.0888. The fourth-order valence-corrected chi connectivity index (χ4v) is 6.36. The van der Waals surface area contributed by atoms with Gasteiger partial charge in [0.05, 0.1) is 0 Å². The highest BCUT2D eigenvalue weighted by Crippen LogP contribution is 2.40. The molecule has 0 atom stereocenters. The van der Waals surface area contributed by atoms with Crippen LogP contribution in [0.1, 0.15) is 130 Å². The Hall–Kier alpha value is -2.24. The first kappa shape index (κ1) is 30.3. The van der Waals surface area contributed by atoms with E-state index in [4.69, 9.17) is 0 Å². The van der Waals surface area contributed by atoms with Crippen LogP contribution in [0.2, 0.25) is 0 Å². The molecule has 0 aromatic rings. The van der Waals surface area contributed by atoms with Crippen molar-refractivity contribution in [2.45, 2.75) is 143 Å². The van der Waals surface area contributed by atoms with E-state index in [1.807, 2.05) is 27.7 Å². The van der Waals surface area contributed by atoms with Crippen LogP contribution in [0.25, 0.3) is 0 Å². The average Bonchev–Trinajstić information content (AvgIpc) is 2.86. The summed E-state index contributed by atoms with van der Waals surface area (Å²) < 4.78 is 0. The van der Waals surface area contributed by atoms with Crippen LogP contribution in [-0.2, 0) is 19.2 Å². The second-order valence-corrected chi connectivity index (χ2v) is 13.1. The monoisotopic (exact) mass is 526 g/mol. The number of carbonyl (C=O) groups excluding carboxylic acids is 4. The van der Waals surface area contributed by atoms with Gasteiger partial charge in [0, 0.05) is 36.1 Å². The Balaban J connectivity index is 1.47. The standard InChI is InChI=1S/C32H50N2O4/c1-31(2,19-11-17-29(37)33-23-13-7-5-8-14-23)25-21-28(36)26(22-27(25)35)32(3,4)20-12-18-30(38)34-24-15-9-6-10-16-24/h21-24H,5-20H2,1-4H3,(H,33,37)(H,34,38). The molecule has 3 aliphatic rings. The molecule has 0 saturated heterocycles. The van der Waals surface area contributed by atoms with Gasteiger partial charge in [0.1, 0.15) is 0 Å². The van der Waals surface area contributed by atoms with Crippen LogP contribution in [0, 0.1) is 10.8 Å². The van der Waals surface area contributed by atoms with Crippen LogP contribution in [0.5, 0.6) is 0 Å². The maximum atomic E-state index is 13.2. The summed E-state index contributed by atoms with van der Waals surface area (Å²) in [5, 5.41) is 6.32. The van der Waals surface area contributed by atoms with Crippen molar-refractivity contribution in [1.29, 1.82) is 0 Å². The van der Waals surface area contributed by atoms with Gasteiger partial charge in [-0.15, -0.1) is 0 Å². The zero-order chi connectivity index (χ0) is 27.8. The highest BCUT2D eigenvalue weighted by atomic mass is 16.2. The second-order valence-electron chi connectivity index (χ2n) is 13.1. The van der Waals surface area contributed by atoms with Crippen molar-refractivity contribution < 1.29 is 19.2 Å². The lowest BCUT2D eigenvalue weighted by molar-refractivity contribution is -0.123. The van der Waals surface area contributed by atoms with Gasteiger partial charge in [0.15, 0.2) is 11.6 Å². The molecule has 6 heteroatoms. The summed E-state index contributed by atoms with van der Waals surface area (Å²) in [5.74, 6) is -0.0492. The van der Waals surface area contributed by atoms with Crippen molar-refractivity contribution in [3.05, 3.63) is 23.3 Å². The van der Waals surface area contributed by atoms with Crippen LogP contribution in [-0.4, -0.2) is 35.5 Å². The Morgan fingerprint density at radius 2 is 1.00 bits per heavy atom. The van der Waals surface area contributed by atoms with Gasteiger partial charge in [-0.1, -0.05) is 66.2 Å². The third-order valence-electron chi connectivity index (χ3n) is 8.89. The van der Waals surface area contributed by atoms with Gasteiger partial charge in [0.25, 0.3) is 0 Å². The summed E-state index contributed by atoms with van der Waals surface area (Å²) in [4.78, 5) is 51.1. The highest BCUT2D eigenvalue weighted by Gasteiger charge is 2.36. The van der Waals surface area contributed by atoms with Crippen molar-refractivity contribution in [3.8, 4) is 0 Å².